The predicted molar refractivity (Wildman–Crippen MR) is 73.2 cm³/mol. The minimum absolute atomic E-state index is 0.0442. The van der Waals surface area contributed by atoms with Crippen LogP contribution in [0.3, 0.4) is 0 Å². The van der Waals surface area contributed by atoms with Crippen LogP contribution in [0.15, 0.2) is 23.1 Å². The number of halogens is 1. The second-order valence-corrected chi connectivity index (χ2v) is 6.64. The third-order valence-electron chi connectivity index (χ3n) is 3.65. The number of rotatable bonds is 4. The molecule has 0 bridgehead atoms. The maximum atomic E-state index is 13.9. The van der Waals surface area contributed by atoms with E-state index in [0.29, 0.717) is 6.54 Å². The van der Waals surface area contributed by atoms with Crippen molar-refractivity contribution < 1.29 is 17.5 Å². The highest BCUT2D eigenvalue weighted by Crippen LogP contribution is 2.29. The summed E-state index contributed by atoms with van der Waals surface area (Å²) in [5, 5.41) is 4.95. The smallest absolute Gasteiger partial charge is 0.238 e. The summed E-state index contributed by atoms with van der Waals surface area (Å²) in [6.45, 7) is 0.502. The molecule has 7 heteroatoms. The van der Waals surface area contributed by atoms with Crippen LogP contribution < -0.4 is 15.6 Å². The Morgan fingerprint density at radius 1 is 1.30 bits per heavy atom. The van der Waals surface area contributed by atoms with Crippen molar-refractivity contribution in [3.05, 3.63) is 24.0 Å². The highest BCUT2D eigenvalue weighted by Gasteiger charge is 2.26. The van der Waals surface area contributed by atoms with Gasteiger partial charge in [0.15, 0.2) is 11.6 Å². The van der Waals surface area contributed by atoms with Crippen molar-refractivity contribution >= 4 is 10.0 Å². The van der Waals surface area contributed by atoms with Gasteiger partial charge in [0.25, 0.3) is 0 Å². The molecule has 0 amide bonds. The van der Waals surface area contributed by atoms with E-state index in [1.807, 2.05) is 0 Å². The van der Waals surface area contributed by atoms with E-state index in [-0.39, 0.29) is 22.7 Å². The van der Waals surface area contributed by atoms with Crippen molar-refractivity contribution in [3.63, 3.8) is 0 Å². The summed E-state index contributed by atoms with van der Waals surface area (Å²) in [7, 11) is -3.91. The van der Waals surface area contributed by atoms with Gasteiger partial charge in [-0.25, -0.2) is 17.9 Å². The summed E-state index contributed by atoms with van der Waals surface area (Å²) < 4.78 is 41.8. The van der Waals surface area contributed by atoms with Crippen LogP contribution in [0.4, 0.5) is 4.39 Å². The van der Waals surface area contributed by atoms with Crippen LogP contribution in [0, 0.1) is 11.7 Å². The fourth-order valence-corrected chi connectivity index (χ4v) is 3.04. The molecule has 20 heavy (non-hydrogen) atoms. The lowest BCUT2D eigenvalue weighted by atomic mass is 9.86. The molecular weight excluding hydrogens is 283 g/mol. The molecule has 1 aliphatic rings. The Bertz CT molecular complexity index is 577. The van der Waals surface area contributed by atoms with Gasteiger partial charge in [0, 0.05) is 5.92 Å². The first-order valence-corrected chi connectivity index (χ1v) is 8.15. The minimum atomic E-state index is -3.91. The molecule has 2 atom stereocenters. The topological polar surface area (TPSA) is 95.4 Å². The van der Waals surface area contributed by atoms with Gasteiger partial charge in [-0.15, -0.1) is 0 Å². The van der Waals surface area contributed by atoms with Gasteiger partial charge >= 0.3 is 0 Å². The number of benzene rings is 1. The zero-order valence-electron chi connectivity index (χ0n) is 11.1. The summed E-state index contributed by atoms with van der Waals surface area (Å²) in [4.78, 5) is -0.263. The van der Waals surface area contributed by atoms with Crippen molar-refractivity contribution in [1.82, 2.24) is 0 Å². The Labute approximate surface area is 118 Å². The Morgan fingerprint density at radius 3 is 2.60 bits per heavy atom. The molecule has 1 aromatic carbocycles. The van der Waals surface area contributed by atoms with Gasteiger partial charge in [0.1, 0.15) is 6.10 Å². The SMILES string of the molecule is NCC1CCCCC1Oc1ccc(S(N)(=O)=O)cc1F. The molecule has 112 valence electrons. The quantitative estimate of drug-likeness (QED) is 0.878. The summed E-state index contributed by atoms with van der Waals surface area (Å²) >= 11 is 0. The van der Waals surface area contributed by atoms with Crippen molar-refractivity contribution in [2.45, 2.75) is 36.7 Å². The average Bonchev–Trinajstić information content (AvgIpc) is 2.40. The zero-order chi connectivity index (χ0) is 14.8. The number of sulfonamides is 1. The Kier molecular flexibility index (Phi) is 4.62. The molecule has 1 aromatic rings. The zero-order valence-corrected chi connectivity index (χ0v) is 11.9. The van der Waals surface area contributed by atoms with Gasteiger partial charge in [-0.05, 0) is 44.0 Å². The van der Waals surface area contributed by atoms with Crippen molar-refractivity contribution in [1.29, 1.82) is 0 Å². The van der Waals surface area contributed by atoms with E-state index in [9.17, 15) is 12.8 Å². The number of hydrogen-bond donors (Lipinski definition) is 2. The van der Waals surface area contributed by atoms with E-state index in [4.69, 9.17) is 15.6 Å². The summed E-state index contributed by atoms with van der Waals surface area (Å²) in [6.07, 6.45) is 3.81. The second kappa shape index (κ2) is 6.07. The van der Waals surface area contributed by atoms with Crippen LogP contribution in [0.5, 0.6) is 5.75 Å². The molecule has 0 aromatic heterocycles. The molecule has 0 radical (unpaired) electrons. The fourth-order valence-electron chi connectivity index (χ4n) is 2.52. The highest BCUT2D eigenvalue weighted by atomic mass is 32.2. The third-order valence-corrected chi connectivity index (χ3v) is 4.56. The third kappa shape index (κ3) is 3.47. The molecule has 1 fully saturated rings. The van der Waals surface area contributed by atoms with Crippen molar-refractivity contribution in [2.24, 2.45) is 16.8 Å². The van der Waals surface area contributed by atoms with E-state index in [2.05, 4.69) is 0 Å². The fraction of sp³-hybridized carbons (Fsp3) is 0.538. The number of nitrogens with two attached hydrogens (primary N) is 2. The molecule has 2 rings (SSSR count). The van der Waals surface area contributed by atoms with Gasteiger partial charge in [0.2, 0.25) is 10.0 Å². The standard InChI is InChI=1S/C13H19FN2O3S/c14-11-7-10(20(16,17)18)5-6-13(11)19-12-4-2-1-3-9(12)8-15/h5-7,9,12H,1-4,8,15H2,(H2,16,17,18). The van der Waals surface area contributed by atoms with Gasteiger partial charge in [-0.3, -0.25) is 0 Å². The maximum Gasteiger partial charge on any atom is 0.238 e. The average molecular weight is 302 g/mol. The molecule has 0 heterocycles. The monoisotopic (exact) mass is 302 g/mol. The Morgan fingerprint density at radius 2 is 2.00 bits per heavy atom. The molecule has 0 aliphatic heterocycles. The van der Waals surface area contributed by atoms with Crippen LogP contribution in [0.25, 0.3) is 0 Å². The normalized spacial score (nSPS) is 23.6. The van der Waals surface area contributed by atoms with Gasteiger partial charge < -0.3 is 10.5 Å². The van der Waals surface area contributed by atoms with Crippen molar-refractivity contribution in [2.75, 3.05) is 6.54 Å². The number of hydrogen-bond acceptors (Lipinski definition) is 4. The molecule has 1 saturated carbocycles. The molecule has 5 nitrogen and oxygen atoms in total. The van der Waals surface area contributed by atoms with E-state index in [0.717, 1.165) is 31.7 Å². The predicted octanol–water partition coefficient (Wildman–Crippen LogP) is 1.37. The lowest BCUT2D eigenvalue weighted by Crippen LogP contribution is -2.35. The van der Waals surface area contributed by atoms with Crippen LogP contribution in [0.1, 0.15) is 25.7 Å². The molecule has 2 unspecified atom stereocenters. The molecule has 0 saturated heterocycles. The molecular formula is C13H19FN2O3S. The largest absolute Gasteiger partial charge is 0.487 e. The number of ether oxygens (including phenoxy) is 1. The summed E-state index contributed by atoms with van der Waals surface area (Å²) in [6, 6.07) is 3.43. The van der Waals surface area contributed by atoms with E-state index in [1.165, 1.54) is 12.1 Å². The molecule has 4 N–H and O–H groups in total. The van der Waals surface area contributed by atoms with Crippen molar-refractivity contribution in [3.8, 4) is 5.75 Å². The van der Waals surface area contributed by atoms with Crippen LogP contribution in [-0.2, 0) is 10.0 Å². The van der Waals surface area contributed by atoms with Crippen LogP contribution in [-0.4, -0.2) is 21.1 Å². The van der Waals surface area contributed by atoms with E-state index >= 15 is 0 Å². The lowest BCUT2D eigenvalue weighted by Gasteiger charge is -2.31. The first-order chi connectivity index (χ1) is 9.41. The van der Waals surface area contributed by atoms with E-state index < -0.39 is 15.8 Å². The summed E-state index contributed by atoms with van der Waals surface area (Å²) in [5.41, 5.74) is 5.70. The first kappa shape index (κ1) is 15.2. The summed E-state index contributed by atoms with van der Waals surface area (Å²) in [5.74, 6) is -0.471. The molecule has 0 spiro atoms. The van der Waals surface area contributed by atoms with E-state index in [1.54, 1.807) is 0 Å². The van der Waals surface area contributed by atoms with Crippen LogP contribution >= 0.6 is 0 Å². The van der Waals surface area contributed by atoms with Gasteiger partial charge in [-0.2, -0.15) is 0 Å². The highest BCUT2D eigenvalue weighted by molar-refractivity contribution is 7.89. The minimum Gasteiger partial charge on any atom is -0.487 e. The maximum absolute atomic E-state index is 13.9. The number of primary sulfonamides is 1. The first-order valence-electron chi connectivity index (χ1n) is 6.61. The Hall–Kier alpha value is -1.18. The van der Waals surface area contributed by atoms with Crippen LogP contribution in [0.2, 0.25) is 0 Å². The lowest BCUT2D eigenvalue weighted by molar-refractivity contribution is 0.0926. The molecule has 1 aliphatic carbocycles. The second-order valence-electron chi connectivity index (χ2n) is 5.07. The van der Waals surface area contributed by atoms with Gasteiger partial charge in [-0.1, -0.05) is 6.42 Å². The Balaban J connectivity index is 2.17. The van der Waals surface area contributed by atoms with Gasteiger partial charge in [0.05, 0.1) is 4.90 Å².